The fourth-order valence-corrected chi connectivity index (χ4v) is 1.18. The Hall–Kier alpha value is -0.980. The molecule has 0 spiro atoms. The van der Waals surface area contributed by atoms with Crippen molar-refractivity contribution < 1.29 is 16.9 Å². The van der Waals surface area contributed by atoms with E-state index in [1.807, 2.05) is 0 Å². The first kappa shape index (κ1) is 8.12. The summed E-state index contributed by atoms with van der Waals surface area (Å²) in [5, 5.41) is 5.38. The molecular formula is C4H5FN2O3S. The maximum atomic E-state index is 12.2. The molecule has 0 fully saturated rings. The summed E-state index contributed by atoms with van der Waals surface area (Å²) in [6, 6.07) is 0. The molecule has 1 rings (SSSR count). The lowest BCUT2D eigenvalue weighted by molar-refractivity contribution is 0.294. The van der Waals surface area contributed by atoms with Crippen molar-refractivity contribution >= 4 is 10.2 Å². The molecule has 5 nitrogen and oxygen atoms in total. The SMILES string of the molecule is CCc1nonc1S(=O)(=O)F. The minimum atomic E-state index is -4.77. The highest BCUT2D eigenvalue weighted by molar-refractivity contribution is 7.86. The molecule has 62 valence electrons. The maximum Gasteiger partial charge on any atom is 0.355 e. The third kappa shape index (κ3) is 1.53. The zero-order chi connectivity index (χ0) is 8.48. The van der Waals surface area contributed by atoms with Crippen LogP contribution in [0, 0.1) is 0 Å². The first-order valence-electron chi connectivity index (χ1n) is 2.81. The van der Waals surface area contributed by atoms with Gasteiger partial charge in [0, 0.05) is 0 Å². The molecule has 0 bridgehead atoms. The van der Waals surface area contributed by atoms with Gasteiger partial charge in [-0.05, 0) is 11.6 Å². The molecule has 0 amide bonds. The molecule has 0 unspecified atom stereocenters. The lowest BCUT2D eigenvalue weighted by Gasteiger charge is -1.86. The Morgan fingerprint density at radius 2 is 2.18 bits per heavy atom. The Kier molecular flexibility index (Phi) is 1.90. The quantitative estimate of drug-likeness (QED) is 0.611. The first-order chi connectivity index (χ1) is 5.05. The van der Waals surface area contributed by atoms with E-state index < -0.39 is 15.2 Å². The van der Waals surface area contributed by atoms with Crippen molar-refractivity contribution in [3.63, 3.8) is 0 Å². The predicted octanol–water partition coefficient (Wildman–Crippen LogP) is 0.290. The number of aryl methyl sites for hydroxylation is 1. The maximum absolute atomic E-state index is 12.2. The monoisotopic (exact) mass is 180 g/mol. The van der Waals surface area contributed by atoms with Crippen LogP contribution in [0.25, 0.3) is 0 Å². The van der Waals surface area contributed by atoms with E-state index in [9.17, 15) is 12.3 Å². The predicted molar refractivity (Wildman–Crippen MR) is 32.0 cm³/mol. The van der Waals surface area contributed by atoms with Crippen LogP contribution in [-0.4, -0.2) is 18.7 Å². The smallest absolute Gasteiger partial charge is 0.243 e. The molecule has 0 aliphatic heterocycles. The lowest BCUT2D eigenvalue weighted by Crippen LogP contribution is -1.96. The number of rotatable bonds is 2. The third-order valence-corrected chi connectivity index (χ3v) is 1.86. The van der Waals surface area contributed by atoms with Crippen molar-refractivity contribution in [2.45, 2.75) is 18.4 Å². The largest absolute Gasteiger partial charge is 0.355 e. The average Bonchev–Trinajstić information content (AvgIpc) is 2.31. The van der Waals surface area contributed by atoms with Crippen molar-refractivity contribution in [2.24, 2.45) is 0 Å². The van der Waals surface area contributed by atoms with Crippen molar-refractivity contribution in [3.05, 3.63) is 5.69 Å². The minimum absolute atomic E-state index is 0.00694. The second-order valence-corrected chi connectivity index (χ2v) is 3.07. The van der Waals surface area contributed by atoms with Gasteiger partial charge in [0.2, 0.25) is 0 Å². The van der Waals surface area contributed by atoms with E-state index >= 15 is 0 Å². The lowest BCUT2D eigenvalue weighted by atomic mass is 10.4. The molecule has 0 aliphatic rings. The molecule has 0 aliphatic carbocycles. The van der Waals surface area contributed by atoms with Gasteiger partial charge in [0.15, 0.2) is 0 Å². The van der Waals surface area contributed by atoms with Crippen LogP contribution >= 0.6 is 0 Å². The molecule has 1 heterocycles. The van der Waals surface area contributed by atoms with Crippen LogP contribution in [0.15, 0.2) is 9.65 Å². The van der Waals surface area contributed by atoms with E-state index in [1.165, 1.54) is 0 Å². The van der Waals surface area contributed by atoms with Crippen LogP contribution < -0.4 is 0 Å². The topological polar surface area (TPSA) is 73.1 Å². The summed E-state index contributed by atoms with van der Waals surface area (Å²) in [7, 11) is -4.77. The Morgan fingerprint density at radius 1 is 1.55 bits per heavy atom. The van der Waals surface area contributed by atoms with Crippen LogP contribution in [0.3, 0.4) is 0 Å². The van der Waals surface area contributed by atoms with Crippen molar-refractivity contribution in [1.29, 1.82) is 0 Å². The summed E-state index contributed by atoms with van der Waals surface area (Å²) in [5.74, 6) is 0. The second kappa shape index (κ2) is 2.57. The molecule has 0 radical (unpaired) electrons. The zero-order valence-corrected chi connectivity index (χ0v) is 6.43. The Labute approximate surface area is 62.4 Å². The van der Waals surface area contributed by atoms with Gasteiger partial charge in [-0.2, -0.15) is 8.42 Å². The zero-order valence-electron chi connectivity index (χ0n) is 5.61. The van der Waals surface area contributed by atoms with E-state index in [0.29, 0.717) is 0 Å². The van der Waals surface area contributed by atoms with Crippen LogP contribution in [0.1, 0.15) is 12.6 Å². The normalized spacial score (nSPS) is 11.8. The van der Waals surface area contributed by atoms with Gasteiger partial charge in [-0.25, -0.2) is 4.63 Å². The molecule has 1 aromatic heterocycles. The van der Waals surface area contributed by atoms with Crippen LogP contribution in [0.2, 0.25) is 0 Å². The van der Waals surface area contributed by atoms with E-state index in [1.54, 1.807) is 6.92 Å². The summed E-state index contributed by atoms with van der Waals surface area (Å²) in [5.41, 5.74) is 0.00694. The Balaban J connectivity index is 3.24. The second-order valence-electron chi connectivity index (χ2n) is 1.81. The fraction of sp³-hybridized carbons (Fsp3) is 0.500. The van der Waals surface area contributed by atoms with Crippen LogP contribution in [0.5, 0.6) is 0 Å². The molecule has 0 atom stereocenters. The standard InChI is InChI=1S/C4H5FN2O3S/c1-2-3-4(7-10-6-3)11(5,8)9/h2H2,1H3. The number of aromatic nitrogens is 2. The summed E-state index contributed by atoms with van der Waals surface area (Å²) in [6.45, 7) is 1.62. The minimum Gasteiger partial charge on any atom is -0.243 e. The van der Waals surface area contributed by atoms with E-state index in [4.69, 9.17) is 0 Å². The van der Waals surface area contributed by atoms with Gasteiger partial charge in [-0.15, -0.1) is 0 Å². The summed E-state index contributed by atoms with van der Waals surface area (Å²) >= 11 is 0. The molecule has 0 N–H and O–H groups in total. The van der Waals surface area contributed by atoms with Gasteiger partial charge in [0.25, 0.3) is 5.03 Å². The van der Waals surface area contributed by atoms with Gasteiger partial charge in [0.05, 0.1) is 0 Å². The summed E-state index contributed by atoms with van der Waals surface area (Å²) in [6.07, 6.45) is 0.266. The first-order valence-corrected chi connectivity index (χ1v) is 4.20. The molecule has 0 saturated carbocycles. The van der Waals surface area contributed by atoms with E-state index in [2.05, 4.69) is 14.9 Å². The fourth-order valence-electron chi connectivity index (χ4n) is 0.600. The van der Waals surface area contributed by atoms with Gasteiger partial charge in [-0.1, -0.05) is 16.0 Å². The molecule has 7 heteroatoms. The summed E-state index contributed by atoms with van der Waals surface area (Å²) in [4.78, 5) is 0. The molecule has 0 saturated heterocycles. The number of hydrogen-bond donors (Lipinski definition) is 0. The van der Waals surface area contributed by atoms with Crippen molar-refractivity contribution in [1.82, 2.24) is 10.3 Å². The average molecular weight is 180 g/mol. The van der Waals surface area contributed by atoms with Gasteiger partial charge < -0.3 is 0 Å². The molecule has 1 aromatic rings. The Bertz CT molecular complexity index is 344. The van der Waals surface area contributed by atoms with Crippen LogP contribution in [-0.2, 0) is 16.6 Å². The number of hydrogen-bond acceptors (Lipinski definition) is 5. The molecule has 11 heavy (non-hydrogen) atoms. The highest BCUT2D eigenvalue weighted by Gasteiger charge is 2.22. The number of halogens is 1. The van der Waals surface area contributed by atoms with E-state index in [-0.39, 0.29) is 12.1 Å². The number of nitrogens with zero attached hydrogens (tertiary/aromatic N) is 2. The summed E-state index contributed by atoms with van der Waals surface area (Å²) < 4.78 is 36.7. The van der Waals surface area contributed by atoms with E-state index in [0.717, 1.165) is 0 Å². The highest BCUT2D eigenvalue weighted by Crippen LogP contribution is 2.12. The van der Waals surface area contributed by atoms with Gasteiger partial charge >= 0.3 is 10.2 Å². The molecule has 0 aromatic carbocycles. The van der Waals surface area contributed by atoms with Crippen molar-refractivity contribution in [3.8, 4) is 0 Å². The third-order valence-electron chi connectivity index (χ3n) is 1.09. The molecular weight excluding hydrogens is 175 g/mol. The van der Waals surface area contributed by atoms with Crippen molar-refractivity contribution in [2.75, 3.05) is 0 Å². The van der Waals surface area contributed by atoms with Gasteiger partial charge in [0.1, 0.15) is 5.69 Å². The van der Waals surface area contributed by atoms with Gasteiger partial charge in [-0.3, -0.25) is 0 Å². The Morgan fingerprint density at radius 3 is 2.55 bits per heavy atom. The highest BCUT2D eigenvalue weighted by atomic mass is 32.3. The van der Waals surface area contributed by atoms with Crippen LogP contribution in [0.4, 0.5) is 3.89 Å².